The van der Waals surface area contributed by atoms with E-state index in [1.807, 2.05) is 0 Å². The first-order valence-electron chi connectivity index (χ1n) is 5.08. The molecule has 3 rings (SSSR count). The number of hydrogen-bond donors (Lipinski definition) is 1. The van der Waals surface area contributed by atoms with Crippen LogP contribution in [0, 0.1) is 0 Å². The Hall–Kier alpha value is -1.91. The van der Waals surface area contributed by atoms with E-state index in [-0.39, 0.29) is 24.2 Å². The molecule has 0 aliphatic carbocycles. The Bertz CT molecular complexity index is 483. The molecule has 0 saturated carbocycles. The van der Waals surface area contributed by atoms with Crippen LogP contribution in [0.1, 0.15) is 15.9 Å². The number of likely N-dealkylation sites (N-methyl/N-ethyl adjacent to an activating group) is 1. The van der Waals surface area contributed by atoms with Gasteiger partial charge in [0.25, 0.3) is 5.91 Å². The summed E-state index contributed by atoms with van der Waals surface area (Å²) in [6.07, 6.45) is 0.724. The first-order chi connectivity index (χ1) is 7.68. The van der Waals surface area contributed by atoms with Crippen molar-refractivity contribution in [3.8, 4) is 17.2 Å². The normalized spacial score (nSPS) is 17.6. The quantitative estimate of drug-likeness (QED) is 0.702. The number of amides is 1. The van der Waals surface area contributed by atoms with E-state index in [9.17, 15) is 9.90 Å². The Morgan fingerprint density at radius 2 is 2.25 bits per heavy atom. The zero-order valence-corrected chi connectivity index (χ0v) is 8.82. The molecule has 1 aromatic carbocycles. The molecule has 2 heterocycles. The van der Waals surface area contributed by atoms with Gasteiger partial charge in [0.2, 0.25) is 12.5 Å². The van der Waals surface area contributed by atoms with Crippen molar-refractivity contribution in [3.63, 3.8) is 0 Å². The Balaban J connectivity index is 2.23. The molecule has 1 N–H and O–H groups in total. The second-order valence-electron chi connectivity index (χ2n) is 3.97. The van der Waals surface area contributed by atoms with Gasteiger partial charge >= 0.3 is 0 Å². The largest absolute Gasteiger partial charge is 0.504 e. The molecule has 0 spiro atoms. The lowest BCUT2D eigenvalue weighted by molar-refractivity contribution is 0.0776. The number of fused-ring (bicyclic) bond motifs is 2. The van der Waals surface area contributed by atoms with Crippen LogP contribution in [0.3, 0.4) is 0 Å². The van der Waals surface area contributed by atoms with Gasteiger partial charge in [-0.3, -0.25) is 4.79 Å². The number of aromatic hydroxyl groups is 1. The summed E-state index contributed by atoms with van der Waals surface area (Å²) < 4.78 is 10.3. The Kier molecular flexibility index (Phi) is 1.77. The number of carbonyl (C=O) groups is 1. The summed E-state index contributed by atoms with van der Waals surface area (Å²) in [6, 6.07) is 1.78. The van der Waals surface area contributed by atoms with E-state index in [0.29, 0.717) is 17.9 Å². The minimum atomic E-state index is -0.169. The molecule has 5 heteroatoms. The average Bonchev–Trinajstić information content (AvgIpc) is 2.72. The molecular formula is C11H11NO4. The third-order valence-corrected chi connectivity index (χ3v) is 3.00. The monoisotopic (exact) mass is 221 g/mol. The molecule has 16 heavy (non-hydrogen) atoms. The summed E-state index contributed by atoms with van der Waals surface area (Å²) in [5.41, 5.74) is 1.17. The van der Waals surface area contributed by atoms with Gasteiger partial charge in [-0.15, -0.1) is 0 Å². The second kappa shape index (κ2) is 3.04. The van der Waals surface area contributed by atoms with Crippen molar-refractivity contribution < 1.29 is 19.4 Å². The van der Waals surface area contributed by atoms with E-state index in [1.54, 1.807) is 18.0 Å². The summed E-state index contributed by atoms with van der Waals surface area (Å²) in [6.45, 7) is 0.751. The summed E-state index contributed by atoms with van der Waals surface area (Å²) >= 11 is 0. The van der Waals surface area contributed by atoms with Gasteiger partial charge in [0.15, 0.2) is 11.5 Å². The van der Waals surface area contributed by atoms with E-state index in [1.165, 1.54) is 0 Å². The zero-order valence-electron chi connectivity index (χ0n) is 8.82. The van der Waals surface area contributed by atoms with Crippen LogP contribution in [0.4, 0.5) is 0 Å². The molecule has 5 nitrogen and oxygen atoms in total. The van der Waals surface area contributed by atoms with Gasteiger partial charge in [0.1, 0.15) is 0 Å². The number of nitrogens with zero attached hydrogens (tertiary/aromatic N) is 1. The Labute approximate surface area is 92.2 Å². The highest BCUT2D eigenvalue weighted by Gasteiger charge is 2.31. The average molecular weight is 221 g/mol. The molecule has 1 aromatic rings. The maximum absolute atomic E-state index is 11.9. The van der Waals surface area contributed by atoms with Crippen LogP contribution in [0.2, 0.25) is 0 Å². The maximum atomic E-state index is 11.9. The molecule has 84 valence electrons. The van der Waals surface area contributed by atoms with Crippen LogP contribution < -0.4 is 9.47 Å². The molecule has 0 bridgehead atoms. The van der Waals surface area contributed by atoms with E-state index < -0.39 is 0 Å². The zero-order chi connectivity index (χ0) is 11.3. The third-order valence-electron chi connectivity index (χ3n) is 3.00. The highest BCUT2D eigenvalue weighted by Crippen LogP contribution is 2.45. The molecule has 0 aromatic heterocycles. The smallest absolute Gasteiger partial charge is 0.257 e. The lowest BCUT2D eigenvalue weighted by Gasteiger charge is -2.25. The molecular weight excluding hydrogens is 210 g/mol. The predicted molar refractivity (Wildman–Crippen MR) is 54.9 cm³/mol. The van der Waals surface area contributed by atoms with Crippen LogP contribution in [0.25, 0.3) is 0 Å². The minimum absolute atomic E-state index is 0.0931. The number of carbonyl (C=O) groups excluding carboxylic acids is 1. The van der Waals surface area contributed by atoms with Crippen LogP contribution >= 0.6 is 0 Å². The summed E-state index contributed by atoms with van der Waals surface area (Å²) in [5, 5.41) is 9.99. The summed E-state index contributed by atoms with van der Waals surface area (Å²) in [5.74, 6) is 0.537. The number of rotatable bonds is 0. The lowest BCUT2D eigenvalue weighted by Crippen LogP contribution is -2.34. The third kappa shape index (κ3) is 1.08. The second-order valence-corrected chi connectivity index (χ2v) is 3.97. The van der Waals surface area contributed by atoms with E-state index in [4.69, 9.17) is 9.47 Å². The molecule has 0 saturated heterocycles. The van der Waals surface area contributed by atoms with Gasteiger partial charge in [-0.25, -0.2) is 0 Å². The highest BCUT2D eigenvalue weighted by molar-refractivity contribution is 6.00. The molecule has 2 aliphatic heterocycles. The van der Waals surface area contributed by atoms with Crippen molar-refractivity contribution in [2.45, 2.75) is 6.42 Å². The SMILES string of the molecule is CN1CCc2cc3c(c(O)c2C1=O)OCO3. The van der Waals surface area contributed by atoms with Crippen molar-refractivity contribution in [2.24, 2.45) is 0 Å². The molecule has 0 fully saturated rings. The van der Waals surface area contributed by atoms with Crippen molar-refractivity contribution in [3.05, 3.63) is 17.2 Å². The minimum Gasteiger partial charge on any atom is -0.504 e. The lowest BCUT2D eigenvalue weighted by atomic mass is 9.97. The van der Waals surface area contributed by atoms with E-state index in [2.05, 4.69) is 0 Å². The van der Waals surface area contributed by atoms with Gasteiger partial charge in [-0.05, 0) is 18.1 Å². The number of hydrogen-bond acceptors (Lipinski definition) is 4. The fourth-order valence-corrected chi connectivity index (χ4v) is 2.09. The van der Waals surface area contributed by atoms with Crippen molar-refractivity contribution in [2.75, 3.05) is 20.4 Å². The first-order valence-corrected chi connectivity index (χ1v) is 5.08. The van der Waals surface area contributed by atoms with Crippen LogP contribution in [0.15, 0.2) is 6.07 Å². The van der Waals surface area contributed by atoms with Gasteiger partial charge in [0, 0.05) is 13.6 Å². The van der Waals surface area contributed by atoms with Crippen molar-refractivity contribution in [1.82, 2.24) is 4.90 Å². The van der Waals surface area contributed by atoms with E-state index >= 15 is 0 Å². The fourth-order valence-electron chi connectivity index (χ4n) is 2.09. The Morgan fingerprint density at radius 3 is 3.06 bits per heavy atom. The number of phenols is 1. The summed E-state index contributed by atoms with van der Waals surface area (Å²) in [7, 11) is 1.72. The van der Waals surface area contributed by atoms with Crippen LogP contribution in [0.5, 0.6) is 17.2 Å². The fraction of sp³-hybridized carbons (Fsp3) is 0.364. The molecule has 0 atom stereocenters. The first kappa shape index (κ1) is 9.33. The number of ether oxygens (including phenoxy) is 2. The van der Waals surface area contributed by atoms with Gasteiger partial charge in [-0.1, -0.05) is 0 Å². The molecule has 2 aliphatic rings. The Morgan fingerprint density at radius 1 is 1.44 bits per heavy atom. The standard InChI is InChI=1S/C11H11NO4/c1-12-3-2-6-4-7-10(16-5-15-7)9(13)8(6)11(12)14/h4,13H,2-3,5H2,1H3. The van der Waals surface area contributed by atoms with Crippen LogP contribution in [-0.4, -0.2) is 36.3 Å². The van der Waals surface area contributed by atoms with Gasteiger partial charge in [0.05, 0.1) is 5.56 Å². The van der Waals surface area contributed by atoms with Crippen molar-refractivity contribution >= 4 is 5.91 Å². The predicted octanol–water partition coefficient (Wildman–Crippen LogP) is 0.749. The van der Waals surface area contributed by atoms with E-state index in [0.717, 1.165) is 12.0 Å². The van der Waals surface area contributed by atoms with Gasteiger partial charge in [-0.2, -0.15) is 0 Å². The number of phenolic OH excluding ortho intramolecular Hbond substituents is 1. The highest BCUT2D eigenvalue weighted by atomic mass is 16.7. The maximum Gasteiger partial charge on any atom is 0.257 e. The molecule has 0 radical (unpaired) electrons. The molecule has 1 amide bonds. The van der Waals surface area contributed by atoms with Crippen molar-refractivity contribution in [1.29, 1.82) is 0 Å². The number of benzene rings is 1. The summed E-state index contributed by atoms with van der Waals surface area (Å²) in [4.78, 5) is 13.5. The van der Waals surface area contributed by atoms with Crippen LogP contribution in [-0.2, 0) is 6.42 Å². The topological polar surface area (TPSA) is 59.0 Å². The molecule has 0 unspecified atom stereocenters. The van der Waals surface area contributed by atoms with Gasteiger partial charge < -0.3 is 19.5 Å².